The number of carbonyl (C=O) groups excluding carboxylic acids is 2. The molecule has 9 heteroatoms. The summed E-state index contributed by atoms with van der Waals surface area (Å²) >= 11 is 18.7. The highest BCUT2D eigenvalue weighted by atomic mass is 35.5. The maximum absolute atomic E-state index is 13.0. The van der Waals surface area contributed by atoms with Crippen LogP contribution in [0.4, 0.5) is 11.4 Å². The molecule has 178 valence electrons. The molecule has 1 fully saturated rings. The molecule has 3 aromatic carbocycles. The molecule has 35 heavy (non-hydrogen) atoms. The highest BCUT2D eigenvalue weighted by Gasteiger charge is 2.33. The van der Waals surface area contributed by atoms with Crippen molar-refractivity contribution in [1.29, 1.82) is 0 Å². The number of thiocarbonyl (C=S) groups is 1. The van der Waals surface area contributed by atoms with Crippen LogP contribution >= 0.6 is 47.2 Å². The molecule has 0 unspecified atom stereocenters. The molecule has 1 saturated heterocycles. The summed E-state index contributed by atoms with van der Waals surface area (Å²) in [5.41, 5.74) is 4.27. The zero-order chi connectivity index (χ0) is 25.1. The Morgan fingerprint density at radius 1 is 1.06 bits per heavy atom. The van der Waals surface area contributed by atoms with Crippen LogP contribution < -0.4 is 15.0 Å². The third-order valence-corrected chi connectivity index (χ3v) is 7.31. The lowest BCUT2D eigenvalue weighted by Gasteiger charge is -2.15. The van der Waals surface area contributed by atoms with Gasteiger partial charge in [-0.3, -0.25) is 14.5 Å². The number of rotatable bonds is 6. The summed E-state index contributed by atoms with van der Waals surface area (Å²) in [7, 11) is 0. The predicted molar refractivity (Wildman–Crippen MR) is 149 cm³/mol. The molecule has 1 aliphatic heterocycles. The maximum atomic E-state index is 13.0. The number of ether oxygens (including phenoxy) is 1. The maximum Gasteiger partial charge on any atom is 0.270 e. The zero-order valence-electron chi connectivity index (χ0n) is 18.8. The number of aryl methyl sites for hydroxylation is 2. The van der Waals surface area contributed by atoms with Crippen LogP contribution in [0.3, 0.4) is 0 Å². The van der Waals surface area contributed by atoms with Crippen molar-refractivity contribution in [2.45, 2.75) is 13.8 Å². The first-order valence-corrected chi connectivity index (χ1v) is 12.5. The number of halogens is 2. The number of thioether (sulfide) groups is 1. The van der Waals surface area contributed by atoms with Crippen LogP contribution in [0, 0.1) is 13.8 Å². The van der Waals surface area contributed by atoms with Gasteiger partial charge in [0.2, 0.25) is 0 Å². The molecule has 0 bridgehead atoms. The van der Waals surface area contributed by atoms with E-state index in [4.69, 9.17) is 40.2 Å². The summed E-state index contributed by atoms with van der Waals surface area (Å²) < 4.78 is 6.06. The van der Waals surface area contributed by atoms with Gasteiger partial charge >= 0.3 is 0 Å². The smallest absolute Gasteiger partial charge is 0.270 e. The minimum Gasteiger partial charge on any atom is -0.484 e. The number of carbonyl (C=O) groups is 2. The molecular weight excluding hydrogens is 523 g/mol. The third kappa shape index (κ3) is 6.05. The Hall–Kier alpha value is -2.84. The Morgan fingerprint density at radius 2 is 1.86 bits per heavy atom. The first-order valence-electron chi connectivity index (χ1n) is 10.5. The third-order valence-electron chi connectivity index (χ3n) is 5.27. The van der Waals surface area contributed by atoms with E-state index in [1.807, 2.05) is 38.1 Å². The van der Waals surface area contributed by atoms with Gasteiger partial charge in [0.15, 0.2) is 10.9 Å². The molecule has 0 aromatic heterocycles. The van der Waals surface area contributed by atoms with E-state index >= 15 is 0 Å². The van der Waals surface area contributed by atoms with E-state index in [1.54, 1.807) is 42.5 Å². The Kier molecular flexibility index (Phi) is 7.82. The van der Waals surface area contributed by atoms with Crippen LogP contribution in [-0.4, -0.2) is 22.7 Å². The highest BCUT2D eigenvalue weighted by molar-refractivity contribution is 8.27. The van der Waals surface area contributed by atoms with Crippen molar-refractivity contribution in [3.63, 3.8) is 0 Å². The molecular formula is C26H20Cl2N2O3S2. The molecule has 0 atom stereocenters. The molecule has 1 N–H and O–H groups in total. The minimum atomic E-state index is -0.263. The van der Waals surface area contributed by atoms with Gasteiger partial charge in [-0.15, -0.1) is 0 Å². The lowest BCUT2D eigenvalue weighted by Crippen LogP contribution is -2.27. The number of hydrogen-bond acceptors (Lipinski definition) is 5. The average Bonchev–Trinajstić information content (AvgIpc) is 3.09. The second-order valence-corrected chi connectivity index (χ2v) is 10.3. The van der Waals surface area contributed by atoms with Gasteiger partial charge in [0, 0.05) is 5.69 Å². The number of nitrogens with one attached hydrogen (secondary N) is 1. The van der Waals surface area contributed by atoms with E-state index in [2.05, 4.69) is 5.32 Å². The van der Waals surface area contributed by atoms with E-state index in [9.17, 15) is 9.59 Å². The molecule has 0 spiro atoms. The van der Waals surface area contributed by atoms with Crippen LogP contribution in [-0.2, 0) is 9.59 Å². The van der Waals surface area contributed by atoms with Crippen molar-refractivity contribution in [2.75, 3.05) is 16.8 Å². The van der Waals surface area contributed by atoms with E-state index in [1.165, 1.54) is 16.7 Å². The first kappa shape index (κ1) is 25.3. The van der Waals surface area contributed by atoms with Gasteiger partial charge in [-0.2, -0.15) is 0 Å². The molecule has 0 saturated carbocycles. The van der Waals surface area contributed by atoms with Crippen molar-refractivity contribution >= 4 is 80.8 Å². The Bertz CT molecular complexity index is 1370. The van der Waals surface area contributed by atoms with Crippen molar-refractivity contribution in [3.8, 4) is 5.75 Å². The number of hydrogen-bond donors (Lipinski definition) is 1. The van der Waals surface area contributed by atoms with Gasteiger partial charge < -0.3 is 10.1 Å². The van der Waals surface area contributed by atoms with Crippen molar-refractivity contribution < 1.29 is 14.3 Å². The quantitative estimate of drug-likeness (QED) is 0.267. The van der Waals surface area contributed by atoms with Crippen molar-refractivity contribution in [1.82, 2.24) is 0 Å². The summed E-state index contributed by atoms with van der Waals surface area (Å²) in [6.07, 6.45) is 1.73. The van der Waals surface area contributed by atoms with Crippen molar-refractivity contribution in [2.24, 2.45) is 0 Å². The van der Waals surface area contributed by atoms with E-state index in [0.717, 1.165) is 22.4 Å². The van der Waals surface area contributed by atoms with Crippen LogP contribution in [0.2, 0.25) is 10.0 Å². The number of amides is 2. The standard InChI is InChI=1S/C26H20Cl2N2O3S2/c1-15-6-7-18(10-16(15)2)29-24(31)14-33-20-5-3-4-17(11-20)12-23-25(32)30(26(34)35-23)19-8-9-21(27)22(28)13-19/h3-13H,14H2,1-2H3,(H,29,31)/b23-12-. The highest BCUT2D eigenvalue weighted by Crippen LogP contribution is 2.38. The van der Waals surface area contributed by atoms with Gasteiger partial charge in [0.05, 0.1) is 20.6 Å². The van der Waals surface area contributed by atoms with Gasteiger partial charge in [-0.1, -0.05) is 65.4 Å². The fourth-order valence-electron chi connectivity index (χ4n) is 3.33. The molecule has 0 radical (unpaired) electrons. The summed E-state index contributed by atoms with van der Waals surface area (Å²) in [4.78, 5) is 27.2. The number of anilines is 2. The molecule has 1 heterocycles. The van der Waals surface area contributed by atoms with Gasteiger partial charge in [-0.05, 0) is 79.1 Å². The fourth-order valence-corrected chi connectivity index (χ4v) is 4.92. The Labute approximate surface area is 223 Å². The predicted octanol–water partition coefficient (Wildman–Crippen LogP) is 7.03. The Balaban J connectivity index is 1.43. The zero-order valence-corrected chi connectivity index (χ0v) is 21.9. The van der Waals surface area contributed by atoms with Crippen LogP contribution in [0.5, 0.6) is 5.75 Å². The second-order valence-electron chi connectivity index (χ2n) is 7.82. The van der Waals surface area contributed by atoms with Crippen LogP contribution in [0.15, 0.2) is 65.6 Å². The summed E-state index contributed by atoms with van der Waals surface area (Å²) in [6.45, 7) is 3.86. The van der Waals surface area contributed by atoms with E-state index in [0.29, 0.717) is 30.7 Å². The second kappa shape index (κ2) is 10.8. The van der Waals surface area contributed by atoms with Crippen LogP contribution in [0.25, 0.3) is 6.08 Å². The molecule has 5 nitrogen and oxygen atoms in total. The molecule has 1 aliphatic rings. The minimum absolute atomic E-state index is 0.143. The molecule has 2 amide bonds. The summed E-state index contributed by atoms with van der Waals surface area (Å²) in [6, 6.07) is 17.8. The molecule has 3 aromatic rings. The van der Waals surface area contributed by atoms with E-state index < -0.39 is 0 Å². The number of benzene rings is 3. The monoisotopic (exact) mass is 542 g/mol. The van der Waals surface area contributed by atoms with Gasteiger partial charge in [0.25, 0.3) is 11.8 Å². The largest absolute Gasteiger partial charge is 0.484 e. The van der Waals surface area contributed by atoms with Crippen LogP contribution in [0.1, 0.15) is 16.7 Å². The molecule has 4 rings (SSSR count). The first-order chi connectivity index (χ1) is 16.7. The fraction of sp³-hybridized carbons (Fsp3) is 0.115. The van der Waals surface area contributed by atoms with Gasteiger partial charge in [0.1, 0.15) is 5.75 Å². The van der Waals surface area contributed by atoms with Crippen molar-refractivity contribution in [3.05, 3.63) is 92.3 Å². The Morgan fingerprint density at radius 3 is 2.60 bits per heavy atom. The summed E-state index contributed by atoms with van der Waals surface area (Å²) in [5, 5.41) is 3.57. The lowest BCUT2D eigenvalue weighted by atomic mass is 10.1. The normalized spacial score (nSPS) is 14.5. The summed E-state index contributed by atoms with van der Waals surface area (Å²) in [5.74, 6) is -0.00687. The topological polar surface area (TPSA) is 58.6 Å². The average molecular weight is 543 g/mol. The SMILES string of the molecule is Cc1ccc(NC(=O)COc2cccc(/C=C3\SC(=S)N(c4ccc(Cl)c(Cl)c4)C3=O)c2)cc1C. The lowest BCUT2D eigenvalue weighted by molar-refractivity contribution is -0.118. The number of nitrogens with zero attached hydrogens (tertiary/aromatic N) is 1. The van der Waals surface area contributed by atoms with E-state index in [-0.39, 0.29) is 18.4 Å². The molecule has 0 aliphatic carbocycles. The van der Waals surface area contributed by atoms with Gasteiger partial charge in [-0.25, -0.2) is 0 Å².